The van der Waals surface area contributed by atoms with Gasteiger partial charge in [0.2, 0.25) is 11.1 Å². The maximum Gasteiger partial charge on any atom is 0.234 e. The van der Waals surface area contributed by atoms with E-state index in [9.17, 15) is 4.79 Å². The van der Waals surface area contributed by atoms with Crippen molar-refractivity contribution >= 4 is 52.2 Å². The number of rotatable bonds is 6. The van der Waals surface area contributed by atoms with Gasteiger partial charge in [-0.3, -0.25) is 4.79 Å². The van der Waals surface area contributed by atoms with Crippen molar-refractivity contribution < 1.29 is 9.53 Å². The Morgan fingerprint density at radius 1 is 1.13 bits per heavy atom. The fourth-order valence-corrected chi connectivity index (χ4v) is 4.17. The summed E-state index contributed by atoms with van der Waals surface area (Å²) in [7, 11) is 0. The number of morpholine rings is 1. The first-order valence-corrected chi connectivity index (χ1v) is 10.9. The van der Waals surface area contributed by atoms with Gasteiger partial charge in [-0.15, -0.1) is 5.10 Å². The number of amides is 1. The zero-order chi connectivity index (χ0) is 20.9. The van der Waals surface area contributed by atoms with Crippen LogP contribution in [0.3, 0.4) is 0 Å². The molecule has 3 aromatic rings. The Hall–Kier alpha value is -2.33. The Morgan fingerprint density at radius 3 is 2.67 bits per heavy atom. The molecular formula is C19H18Cl2N6O2S. The van der Waals surface area contributed by atoms with Crippen LogP contribution in [0.25, 0.3) is 5.69 Å². The van der Waals surface area contributed by atoms with Gasteiger partial charge in [-0.2, -0.15) is 4.68 Å². The highest BCUT2D eigenvalue weighted by Crippen LogP contribution is 2.34. The standard InChI is InChI=1S/C19H18Cl2N6O2S/c20-13-4-6-14(7-5-13)27-19(23-24-25-27)30-12-17(28)22-16-3-1-2-15(21)18(16)26-8-10-29-11-9-26/h1-7H,8-12H2,(H,22,28). The molecule has 0 atom stereocenters. The number of anilines is 2. The van der Waals surface area contributed by atoms with Gasteiger partial charge in [-0.05, 0) is 46.8 Å². The molecular weight excluding hydrogens is 447 g/mol. The minimum atomic E-state index is -0.178. The van der Waals surface area contributed by atoms with Crippen LogP contribution in [0.1, 0.15) is 0 Å². The second-order valence-electron chi connectivity index (χ2n) is 6.42. The first kappa shape index (κ1) is 20.9. The molecule has 1 aromatic heterocycles. The summed E-state index contributed by atoms with van der Waals surface area (Å²) in [6.45, 7) is 2.69. The van der Waals surface area contributed by atoms with E-state index in [4.69, 9.17) is 27.9 Å². The van der Waals surface area contributed by atoms with Crippen LogP contribution in [0.4, 0.5) is 11.4 Å². The maximum atomic E-state index is 12.6. The van der Waals surface area contributed by atoms with Crippen LogP contribution >= 0.6 is 35.0 Å². The largest absolute Gasteiger partial charge is 0.378 e. The number of aromatic nitrogens is 4. The van der Waals surface area contributed by atoms with Crippen LogP contribution in [0.5, 0.6) is 0 Å². The number of hydrogen-bond donors (Lipinski definition) is 1. The highest BCUT2D eigenvalue weighted by atomic mass is 35.5. The molecule has 156 valence electrons. The molecule has 30 heavy (non-hydrogen) atoms. The average Bonchev–Trinajstić information content (AvgIpc) is 3.22. The van der Waals surface area contributed by atoms with Crippen LogP contribution in [-0.2, 0) is 9.53 Å². The third-order valence-corrected chi connectivity index (χ3v) is 5.91. The predicted octanol–water partition coefficient (Wildman–Crippen LogP) is 3.54. The van der Waals surface area contributed by atoms with E-state index in [1.54, 1.807) is 16.8 Å². The van der Waals surface area contributed by atoms with Crippen molar-refractivity contribution in [3.8, 4) is 5.69 Å². The molecule has 11 heteroatoms. The van der Waals surface area contributed by atoms with Crippen molar-refractivity contribution in [1.82, 2.24) is 20.2 Å². The molecule has 1 fully saturated rings. The molecule has 0 spiro atoms. The third-order valence-electron chi connectivity index (χ3n) is 4.43. The molecule has 2 heterocycles. The molecule has 1 N–H and O–H groups in total. The number of nitrogens with zero attached hydrogens (tertiary/aromatic N) is 5. The van der Waals surface area contributed by atoms with Crippen LogP contribution in [0, 0.1) is 0 Å². The molecule has 8 nitrogen and oxygen atoms in total. The molecule has 1 amide bonds. The quantitative estimate of drug-likeness (QED) is 0.558. The summed E-state index contributed by atoms with van der Waals surface area (Å²) in [5.41, 5.74) is 2.25. The minimum absolute atomic E-state index is 0.142. The molecule has 0 bridgehead atoms. The van der Waals surface area contributed by atoms with Gasteiger partial charge in [0.05, 0.1) is 41.1 Å². The van der Waals surface area contributed by atoms with Crippen LogP contribution in [0.15, 0.2) is 47.6 Å². The molecule has 4 rings (SSSR count). The summed E-state index contributed by atoms with van der Waals surface area (Å²) < 4.78 is 6.97. The Kier molecular flexibility index (Phi) is 6.73. The van der Waals surface area contributed by atoms with Gasteiger partial charge < -0.3 is 15.0 Å². The Morgan fingerprint density at radius 2 is 1.90 bits per heavy atom. The monoisotopic (exact) mass is 464 g/mol. The number of carbonyl (C=O) groups is 1. The molecule has 1 aliphatic rings. The van der Waals surface area contributed by atoms with E-state index >= 15 is 0 Å². The summed E-state index contributed by atoms with van der Waals surface area (Å²) in [5, 5.41) is 16.4. The van der Waals surface area contributed by atoms with Crippen molar-refractivity contribution in [3.05, 3.63) is 52.5 Å². The van der Waals surface area contributed by atoms with Gasteiger partial charge in [0, 0.05) is 18.1 Å². The van der Waals surface area contributed by atoms with E-state index in [0.29, 0.717) is 34.1 Å². The first-order valence-electron chi connectivity index (χ1n) is 9.20. The van der Waals surface area contributed by atoms with Crippen LogP contribution in [0.2, 0.25) is 10.0 Å². The Balaban J connectivity index is 1.44. The van der Waals surface area contributed by atoms with Gasteiger partial charge >= 0.3 is 0 Å². The van der Waals surface area contributed by atoms with E-state index in [0.717, 1.165) is 24.5 Å². The van der Waals surface area contributed by atoms with Gasteiger partial charge in [0.1, 0.15) is 0 Å². The lowest BCUT2D eigenvalue weighted by Gasteiger charge is -2.31. The number of tetrazole rings is 1. The van der Waals surface area contributed by atoms with Crippen LogP contribution < -0.4 is 10.2 Å². The lowest BCUT2D eigenvalue weighted by atomic mass is 10.2. The lowest BCUT2D eigenvalue weighted by molar-refractivity contribution is -0.113. The summed E-state index contributed by atoms with van der Waals surface area (Å²) >= 11 is 13.6. The molecule has 0 aliphatic carbocycles. The maximum absolute atomic E-state index is 12.6. The Labute approximate surface area is 187 Å². The third kappa shape index (κ3) is 4.86. The number of thioether (sulfide) groups is 1. The average molecular weight is 465 g/mol. The molecule has 0 saturated carbocycles. The van der Waals surface area contributed by atoms with Gasteiger partial charge in [0.15, 0.2) is 0 Å². The number of ether oxygens (including phenoxy) is 1. The summed E-state index contributed by atoms with van der Waals surface area (Å²) in [6.07, 6.45) is 0. The minimum Gasteiger partial charge on any atom is -0.378 e. The molecule has 2 aromatic carbocycles. The van der Waals surface area contributed by atoms with Gasteiger partial charge in [-0.1, -0.05) is 41.0 Å². The fraction of sp³-hybridized carbons (Fsp3) is 0.263. The van der Waals surface area contributed by atoms with Crippen molar-refractivity contribution in [2.24, 2.45) is 0 Å². The molecule has 0 radical (unpaired) electrons. The van der Waals surface area contributed by atoms with Gasteiger partial charge in [0.25, 0.3) is 0 Å². The molecule has 1 saturated heterocycles. The number of benzene rings is 2. The van der Waals surface area contributed by atoms with E-state index in [2.05, 4.69) is 25.7 Å². The topological polar surface area (TPSA) is 85.2 Å². The second-order valence-corrected chi connectivity index (χ2v) is 8.21. The number of halogens is 2. The van der Waals surface area contributed by atoms with E-state index < -0.39 is 0 Å². The molecule has 1 aliphatic heterocycles. The lowest BCUT2D eigenvalue weighted by Crippen LogP contribution is -2.37. The zero-order valence-electron chi connectivity index (χ0n) is 15.8. The summed E-state index contributed by atoms with van der Waals surface area (Å²) in [5.74, 6) is -0.0364. The second kappa shape index (κ2) is 9.65. The zero-order valence-corrected chi connectivity index (χ0v) is 18.1. The van der Waals surface area contributed by atoms with Crippen LogP contribution in [-0.4, -0.2) is 58.2 Å². The Bertz CT molecular complexity index is 1020. The van der Waals surface area contributed by atoms with E-state index in [-0.39, 0.29) is 11.7 Å². The number of hydrogen-bond acceptors (Lipinski definition) is 7. The first-order chi connectivity index (χ1) is 14.6. The predicted molar refractivity (Wildman–Crippen MR) is 118 cm³/mol. The normalized spacial score (nSPS) is 14.0. The van der Waals surface area contributed by atoms with E-state index in [1.165, 1.54) is 11.8 Å². The summed E-state index contributed by atoms with van der Waals surface area (Å²) in [4.78, 5) is 14.8. The highest BCUT2D eigenvalue weighted by molar-refractivity contribution is 7.99. The SMILES string of the molecule is O=C(CSc1nnnn1-c1ccc(Cl)cc1)Nc1cccc(Cl)c1N1CCOCC1. The van der Waals surface area contributed by atoms with Gasteiger partial charge in [-0.25, -0.2) is 0 Å². The number of nitrogens with one attached hydrogen (secondary N) is 1. The summed E-state index contributed by atoms with van der Waals surface area (Å²) in [6, 6.07) is 12.6. The fourth-order valence-electron chi connectivity index (χ4n) is 3.05. The van der Waals surface area contributed by atoms with Crippen molar-refractivity contribution in [2.75, 3.05) is 42.3 Å². The molecule has 0 unspecified atom stereocenters. The van der Waals surface area contributed by atoms with Crippen molar-refractivity contribution in [2.45, 2.75) is 5.16 Å². The number of carbonyl (C=O) groups excluding carboxylic acids is 1. The number of para-hydroxylation sites is 1. The smallest absolute Gasteiger partial charge is 0.234 e. The van der Waals surface area contributed by atoms with Crippen molar-refractivity contribution in [1.29, 1.82) is 0 Å². The van der Waals surface area contributed by atoms with E-state index in [1.807, 2.05) is 30.3 Å². The highest BCUT2D eigenvalue weighted by Gasteiger charge is 2.19. The van der Waals surface area contributed by atoms with Crippen molar-refractivity contribution in [3.63, 3.8) is 0 Å².